The van der Waals surface area contributed by atoms with Crippen molar-refractivity contribution in [2.45, 2.75) is 13.3 Å². The molecule has 0 fully saturated rings. The molecule has 1 N–H and O–H groups in total. The molecule has 0 amide bonds. The van der Waals surface area contributed by atoms with Crippen molar-refractivity contribution < 1.29 is 4.79 Å². The third-order valence-electron chi connectivity index (χ3n) is 4.46. The summed E-state index contributed by atoms with van der Waals surface area (Å²) in [4.78, 5) is 20.5. The van der Waals surface area contributed by atoms with E-state index in [-0.39, 0.29) is 5.78 Å². The number of aromatic amines is 1. The van der Waals surface area contributed by atoms with Gasteiger partial charge in [0.1, 0.15) is 11.2 Å². The number of hydrogen-bond donors (Lipinski definition) is 1. The summed E-state index contributed by atoms with van der Waals surface area (Å²) < 4.78 is 3.12. The zero-order valence-corrected chi connectivity index (χ0v) is 17.3. The molecule has 0 bridgehead atoms. The molecule has 0 radical (unpaired) electrons. The van der Waals surface area contributed by atoms with Crippen LogP contribution in [-0.2, 0) is 6.42 Å². The summed E-state index contributed by atoms with van der Waals surface area (Å²) in [6.07, 6.45) is 7.61. The molecule has 0 aliphatic heterocycles. The molecule has 0 atom stereocenters. The van der Waals surface area contributed by atoms with E-state index in [0.717, 1.165) is 38.0 Å². The lowest BCUT2D eigenvalue weighted by atomic mass is 10.0. The number of aromatic nitrogens is 5. The SMILES string of the molecule is Cc1cnc2ccc(Br)cn12.O=C(Cc1cnc2cn[nH]c2c1)c1ccccc1. The molecular formula is C22H18BrN5O. The number of fused-ring (bicyclic) bond motifs is 2. The van der Waals surface area contributed by atoms with Crippen LogP contribution in [0.5, 0.6) is 0 Å². The summed E-state index contributed by atoms with van der Waals surface area (Å²) in [5.41, 5.74) is 5.43. The summed E-state index contributed by atoms with van der Waals surface area (Å²) in [5.74, 6) is 0.0938. The van der Waals surface area contributed by atoms with Gasteiger partial charge in [0.05, 0.1) is 11.7 Å². The zero-order valence-electron chi connectivity index (χ0n) is 15.7. The van der Waals surface area contributed by atoms with E-state index < -0.39 is 0 Å². The predicted molar refractivity (Wildman–Crippen MR) is 116 cm³/mol. The molecule has 5 aromatic rings. The minimum Gasteiger partial charge on any atom is -0.303 e. The highest BCUT2D eigenvalue weighted by molar-refractivity contribution is 9.10. The molecule has 4 aromatic heterocycles. The number of rotatable bonds is 3. The van der Waals surface area contributed by atoms with Gasteiger partial charge in [-0.25, -0.2) is 4.98 Å². The highest BCUT2D eigenvalue weighted by Crippen LogP contribution is 2.13. The van der Waals surface area contributed by atoms with E-state index in [1.165, 1.54) is 0 Å². The number of halogens is 1. The number of imidazole rings is 1. The Balaban J connectivity index is 0.000000159. The number of carbonyl (C=O) groups is 1. The molecule has 6 nitrogen and oxygen atoms in total. The first-order valence-electron chi connectivity index (χ1n) is 9.05. The molecule has 0 saturated heterocycles. The van der Waals surface area contributed by atoms with Crippen molar-refractivity contribution in [1.29, 1.82) is 0 Å². The Hall–Kier alpha value is -3.32. The fourth-order valence-corrected chi connectivity index (χ4v) is 3.30. The van der Waals surface area contributed by atoms with Crippen molar-refractivity contribution in [3.8, 4) is 0 Å². The molecule has 0 spiro atoms. The number of benzene rings is 1. The van der Waals surface area contributed by atoms with Gasteiger partial charge in [0.2, 0.25) is 0 Å². The average molecular weight is 448 g/mol. The molecular weight excluding hydrogens is 430 g/mol. The second-order valence-electron chi connectivity index (χ2n) is 6.59. The van der Waals surface area contributed by atoms with E-state index in [9.17, 15) is 4.79 Å². The van der Waals surface area contributed by atoms with Gasteiger partial charge in [-0.1, -0.05) is 30.3 Å². The lowest BCUT2D eigenvalue weighted by Crippen LogP contribution is -2.03. The van der Waals surface area contributed by atoms with Gasteiger partial charge in [0.15, 0.2) is 5.78 Å². The normalized spacial score (nSPS) is 10.7. The van der Waals surface area contributed by atoms with E-state index in [0.29, 0.717) is 6.42 Å². The Labute approximate surface area is 175 Å². The maximum Gasteiger partial charge on any atom is 0.167 e. The minimum absolute atomic E-state index is 0.0938. The minimum atomic E-state index is 0.0938. The largest absolute Gasteiger partial charge is 0.303 e. The van der Waals surface area contributed by atoms with Gasteiger partial charge in [-0.2, -0.15) is 5.10 Å². The Bertz CT molecular complexity index is 1280. The first kappa shape index (κ1) is 19.0. The number of aryl methyl sites for hydroxylation is 1. The van der Waals surface area contributed by atoms with Gasteiger partial charge in [-0.15, -0.1) is 0 Å². The van der Waals surface area contributed by atoms with Gasteiger partial charge in [0, 0.05) is 40.7 Å². The second-order valence-corrected chi connectivity index (χ2v) is 7.50. The Morgan fingerprint density at radius 3 is 2.72 bits per heavy atom. The topological polar surface area (TPSA) is 75.9 Å². The van der Waals surface area contributed by atoms with Crippen LogP contribution in [0.4, 0.5) is 0 Å². The van der Waals surface area contributed by atoms with Crippen molar-refractivity contribution in [1.82, 2.24) is 24.6 Å². The van der Waals surface area contributed by atoms with Crippen LogP contribution in [0.1, 0.15) is 21.6 Å². The van der Waals surface area contributed by atoms with Crippen LogP contribution in [0, 0.1) is 6.92 Å². The summed E-state index contributed by atoms with van der Waals surface area (Å²) in [5, 5.41) is 6.76. The van der Waals surface area contributed by atoms with Gasteiger partial charge in [0.25, 0.3) is 0 Å². The number of Topliss-reactive ketones (excluding diaryl/α,β-unsaturated/α-hetero) is 1. The van der Waals surface area contributed by atoms with Crippen molar-refractivity contribution >= 4 is 38.4 Å². The van der Waals surface area contributed by atoms with E-state index in [2.05, 4.69) is 36.1 Å². The van der Waals surface area contributed by atoms with Gasteiger partial charge in [-0.05, 0) is 46.6 Å². The molecule has 4 heterocycles. The molecule has 7 heteroatoms. The Morgan fingerprint density at radius 2 is 1.90 bits per heavy atom. The van der Waals surface area contributed by atoms with E-state index >= 15 is 0 Å². The number of nitrogens with one attached hydrogen (secondary N) is 1. The first-order chi connectivity index (χ1) is 14.1. The molecule has 29 heavy (non-hydrogen) atoms. The smallest absolute Gasteiger partial charge is 0.167 e. The van der Waals surface area contributed by atoms with Crippen molar-refractivity contribution in [3.63, 3.8) is 0 Å². The maximum atomic E-state index is 12.0. The average Bonchev–Trinajstić information content (AvgIpc) is 3.35. The molecule has 5 rings (SSSR count). The number of ketones is 1. The van der Waals surface area contributed by atoms with Gasteiger partial charge in [-0.3, -0.25) is 14.9 Å². The molecule has 144 valence electrons. The lowest BCUT2D eigenvalue weighted by molar-refractivity contribution is 0.0993. The summed E-state index contributed by atoms with van der Waals surface area (Å²) in [6, 6.07) is 15.2. The summed E-state index contributed by atoms with van der Waals surface area (Å²) in [7, 11) is 0. The molecule has 0 aliphatic carbocycles. The Kier molecular flexibility index (Phi) is 5.48. The third kappa shape index (κ3) is 4.41. The predicted octanol–water partition coefficient (Wildman–Crippen LogP) is 4.79. The second kappa shape index (κ2) is 8.36. The zero-order chi connectivity index (χ0) is 20.2. The quantitative estimate of drug-likeness (QED) is 0.403. The van der Waals surface area contributed by atoms with Crippen LogP contribution in [-0.4, -0.2) is 30.3 Å². The third-order valence-corrected chi connectivity index (χ3v) is 4.93. The number of nitrogens with zero attached hydrogens (tertiary/aromatic N) is 4. The highest BCUT2D eigenvalue weighted by Gasteiger charge is 2.08. The number of H-pyrrole nitrogens is 1. The van der Waals surface area contributed by atoms with Crippen molar-refractivity contribution in [2.75, 3.05) is 0 Å². The van der Waals surface area contributed by atoms with E-state index in [1.807, 2.05) is 72.2 Å². The van der Waals surface area contributed by atoms with E-state index in [4.69, 9.17) is 0 Å². The van der Waals surface area contributed by atoms with Gasteiger partial charge >= 0.3 is 0 Å². The van der Waals surface area contributed by atoms with Crippen molar-refractivity contribution in [3.05, 3.63) is 94.6 Å². The maximum absolute atomic E-state index is 12.0. The van der Waals surface area contributed by atoms with E-state index in [1.54, 1.807) is 12.4 Å². The number of hydrogen-bond acceptors (Lipinski definition) is 4. The molecule has 0 aliphatic rings. The standard InChI is InChI=1S/C14H11N3O.C8H7BrN2/c18-14(11-4-2-1-3-5-11)7-10-6-12-13(15-8-10)9-16-17-12;1-6-4-10-8-3-2-7(9)5-11(6)8/h1-6,8-9H,7H2,(H,16,17);2-5H,1H3. The van der Waals surface area contributed by atoms with Crippen LogP contribution in [0.2, 0.25) is 0 Å². The fraction of sp³-hybridized carbons (Fsp3) is 0.0909. The van der Waals surface area contributed by atoms with Crippen LogP contribution in [0.15, 0.2) is 77.8 Å². The summed E-state index contributed by atoms with van der Waals surface area (Å²) >= 11 is 3.40. The van der Waals surface area contributed by atoms with Crippen molar-refractivity contribution in [2.24, 2.45) is 0 Å². The summed E-state index contributed by atoms with van der Waals surface area (Å²) in [6.45, 7) is 2.03. The highest BCUT2D eigenvalue weighted by atomic mass is 79.9. The van der Waals surface area contributed by atoms with Crippen LogP contribution in [0.25, 0.3) is 16.7 Å². The molecule has 0 saturated carbocycles. The lowest BCUT2D eigenvalue weighted by Gasteiger charge is -2.01. The fourth-order valence-electron chi connectivity index (χ4n) is 2.96. The monoisotopic (exact) mass is 447 g/mol. The molecule has 0 unspecified atom stereocenters. The molecule has 1 aromatic carbocycles. The number of carbonyl (C=O) groups excluding carboxylic acids is 1. The van der Waals surface area contributed by atoms with Crippen LogP contribution in [0.3, 0.4) is 0 Å². The number of pyridine rings is 2. The van der Waals surface area contributed by atoms with Crippen LogP contribution < -0.4 is 0 Å². The van der Waals surface area contributed by atoms with Gasteiger partial charge < -0.3 is 4.40 Å². The van der Waals surface area contributed by atoms with Crippen LogP contribution >= 0.6 is 15.9 Å². The first-order valence-corrected chi connectivity index (χ1v) is 9.85. The Morgan fingerprint density at radius 1 is 1.07 bits per heavy atom.